The van der Waals surface area contributed by atoms with Crippen molar-refractivity contribution in [2.24, 2.45) is 11.7 Å². The molecule has 1 aromatic rings. The van der Waals surface area contributed by atoms with Crippen LogP contribution in [0.25, 0.3) is 0 Å². The van der Waals surface area contributed by atoms with E-state index in [9.17, 15) is 45.9 Å². The van der Waals surface area contributed by atoms with Crippen molar-refractivity contribution in [1.29, 1.82) is 0 Å². The number of nitrogens with two attached hydrogens (primary N) is 1. The number of likely N-dealkylation sites (N-methyl/N-ethyl adjacent to an activating group) is 1. The number of anilines is 1. The van der Waals surface area contributed by atoms with Crippen molar-refractivity contribution in [3.05, 3.63) is 23.8 Å². The number of carbonyl (C=O) groups is 5. The molecule has 5 amide bonds. The van der Waals surface area contributed by atoms with E-state index in [2.05, 4.69) is 5.32 Å². The molecule has 1 spiro atoms. The van der Waals surface area contributed by atoms with E-state index in [0.29, 0.717) is 6.07 Å². The fourth-order valence-corrected chi connectivity index (χ4v) is 4.92. The zero-order valence-corrected chi connectivity index (χ0v) is 21.3. The van der Waals surface area contributed by atoms with E-state index in [-0.39, 0.29) is 18.1 Å². The van der Waals surface area contributed by atoms with E-state index < -0.39 is 89.7 Å². The quantitative estimate of drug-likeness (QED) is 0.410. The number of hydrogen-bond acceptors (Lipinski definition) is 6. The van der Waals surface area contributed by atoms with Gasteiger partial charge >= 0.3 is 12.1 Å². The van der Waals surface area contributed by atoms with Crippen LogP contribution in [0.2, 0.25) is 0 Å². The second-order valence-corrected chi connectivity index (χ2v) is 10.2. The molecule has 11 nitrogen and oxygen atoms in total. The molecule has 2 fully saturated rings. The number of nitrogens with zero attached hydrogens (tertiary/aromatic N) is 2. The number of rotatable bonds is 7. The summed E-state index contributed by atoms with van der Waals surface area (Å²) < 4.78 is 71.8. The van der Waals surface area contributed by atoms with Crippen LogP contribution in [0.5, 0.6) is 5.75 Å². The van der Waals surface area contributed by atoms with Crippen molar-refractivity contribution >= 4 is 35.2 Å². The van der Waals surface area contributed by atoms with E-state index in [1.807, 2.05) is 0 Å². The van der Waals surface area contributed by atoms with Gasteiger partial charge in [-0.25, -0.2) is 8.78 Å². The minimum absolute atomic E-state index is 0.0000738. The number of primary amides is 1. The molecule has 16 heteroatoms. The third-order valence-electron chi connectivity index (χ3n) is 7.24. The molecule has 2 unspecified atom stereocenters. The maximum Gasteiger partial charge on any atom is 0.471 e. The maximum atomic E-state index is 14.2. The molecule has 1 saturated carbocycles. The molecule has 0 bridgehead atoms. The summed E-state index contributed by atoms with van der Waals surface area (Å²) in [4.78, 5) is 65.3. The molecule has 4 rings (SSSR count). The van der Waals surface area contributed by atoms with Crippen LogP contribution in [0.4, 0.5) is 27.6 Å². The van der Waals surface area contributed by atoms with Gasteiger partial charge in [-0.1, -0.05) is 12.8 Å². The number of hydrogen-bond donors (Lipinski definition) is 3. The Hall–Kier alpha value is -3.98. The molecule has 4 N–H and O–H groups in total. The third-order valence-corrected chi connectivity index (χ3v) is 7.24. The van der Waals surface area contributed by atoms with Gasteiger partial charge in [0, 0.05) is 25.6 Å². The first-order valence-corrected chi connectivity index (χ1v) is 12.3. The first kappa shape index (κ1) is 29.0. The topological polar surface area (TPSA) is 151 Å². The second-order valence-electron chi connectivity index (χ2n) is 10.2. The summed E-state index contributed by atoms with van der Waals surface area (Å²) >= 11 is 0. The highest BCUT2D eigenvalue weighted by atomic mass is 19.4. The summed E-state index contributed by atoms with van der Waals surface area (Å²) in [6.45, 7) is 0.445. The molecular formula is C24H26F5N5O6. The lowest BCUT2D eigenvalue weighted by molar-refractivity contribution is -0.175. The maximum absolute atomic E-state index is 14.2. The van der Waals surface area contributed by atoms with Crippen LogP contribution in [-0.2, 0) is 24.0 Å². The number of halogens is 5. The summed E-state index contributed by atoms with van der Waals surface area (Å²) in [5.74, 6) is -8.61. The number of ether oxygens (including phenoxy) is 1. The molecule has 3 aliphatic rings. The highest BCUT2D eigenvalue weighted by Gasteiger charge is 2.58. The van der Waals surface area contributed by atoms with Crippen molar-refractivity contribution in [2.45, 2.75) is 62.5 Å². The van der Waals surface area contributed by atoms with Crippen molar-refractivity contribution in [3.8, 4) is 5.75 Å². The highest BCUT2D eigenvalue weighted by molar-refractivity contribution is 6.03. The summed E-state index contributed by atoms with van der Waals surface area (Å²) in [6, 6.07) is -3.02. The fraction of sp³-hybridized carbons (Fsp3) is 0.542. The predicted octanol–water partition coefficient (Wildman–Crippen LogP) is 0.815. The Kier molecular flexibility index (Phi) is 7.40. The standard InChI is InChI=1S/C24H26F5N5O6/c1-10(31-22(39)24(27,28)29)19(36)33(2)14(5-11-3-4-11)20(37)34-9-23(8-15(34)18(30)35)21(38)32-17-13(26)6-12(25)7-16(17)40-23/h6-7,10-11,14-15H,3-5,8-9H2,1-2H3,(H2,30,35)(H,31,39)(H,32,38)/t10?,14?,15-,23+/m0/s1. The van der Waals surface area contributed by atoms with E-state index in [1.165, 1.54) is 7.05 Å². The zero-order valence-electron chi connectivity index (χ0n) is 21.3. The molecule has 1 saturated heterocycles. The summed E-state index contributed by atoms with van der Waals surface area (Å²) in [6.07, 6.45) is -4.19. The van der Waals surface area contributed by atoms with E-state index >= 15 is 0 Å². The number of fused-ring (bicyclic) bond motifs is 1. The van der Waals surface area contributed by atoms with Crippen LogP contribution in [0.15, 0.2) is 12.1 Å². The van der Waals surface area contributed by atoms with Gasteiger partial charge in [0.15, 0.2) is 11.6 Å². The third kappa shape index (κ3) is 5.51. The first-order valence-electron chi connectivity index (χ1n) is 12.3. The Morgan fingerprint density at radius 1 is 1.25 bits per heavy atom. The van der Waals surface area contributed by atoms with E-state index in [1.54, 1.807) is 5.32 Å². The highest BCUT2D eigenvalue weighted by Crippen LogP contribution is 2.43. The van der Waals surface area contributed by atoms with E-state index in [0.717, 1.165) is 35.6 Å². The Labute approximate surface area is 224 Å². The summed E-state index contributed by atoms with van der Waals surface area (Å²) in [5, 5.41) is 3.81. The number of amides is 5. The van der Waals surface area contributed by atoms with Crippen LogP contribution < -0.4 is 21.1 Å². The summed E-state index contributed by atoms with van der Waals surface area (Å²) in [7, 11) is 1.17. The molecule has 0 radical (unpaired) electrons. The Bertz CT molecular complexity index is 1270. The molecule has 2 heterocycles. The van der Waals surface area contributed by atoms with Gasteiger partial charge in [0.1, 0.15) is 29.6 Å². The average Bonchev–Trinajstić information content (AvgIpc) is 3.60. The van der Waals surface area contributed by atoms with Gasteiger partial charge in [0.2, 0.25) is 23.3 Å². The number of benzene rings is 1. The molecule has 1 aliphatic carbocycles. The largest absolute Gasteiger partial charge is 0.473 e. The predicted molar refractivity (Wildman–Crippen MR) is 125 cm³/mol. The number of carbonyl (C=O) groups excluding carboxylic acids is 5. The average molecular weight is 575 g/mol. The van der Waals surface area contributed by atoms with Gasteiger partial charge in [-0.3, -0.25) is 24.0 Å². The van der Waals surface area contributed by atoms with Crippen molar-refractivity contribution in [1.82, 2.24) is 15.1 Å². The van der Waals surface area contributed by atoms with Gasteiger partial charge < -0.3 is 30.9 Å². The van der Waals surface area contributed by atoms with Crippen LogP contribution in [0.3, 0.4) is 0 Å². The van der Waals surface area contributed by atoms with Crippen LogP contribution in [0, 0.1) is 17.6 Å². The monoisotopic (exact) mass is 575 g/mol. The van der Waals surface area contributed by atoms with Gasteiger partial charge in [-0.05, 0) is 19.3 Å². The van der Waals surface area contributed by atoms with Gasteiger partial charge in [0.25, 0.3) is 5.91 Å². The molecule has 218 valence electrons. The molecule has 2 aliphatic heterocycles. The second kappa shape index (κ2) is 10.2. The Balaban J connectivity index is 1.60. The Morgan fingerprint density at radius 2 is 1.90 bits per heavy atom. The zero-order chi connectivity index (χ0) is 29.7. The molecule has 40 heavy (non-hydrogen) atoms. The molecule has 1 aromatic carbocycles. The number of likely N-dealkylation sites (tertiary alicyclic amines) is 1. The van der Waals surface area contributed by atoms with E-state index in [4.69, 9.17) is 10.5 Å². The SMILES string of the molecule is CC(NC(=O)C(F)(F)F)C(=O)N(C)C(CC1CC1)C(=O)N1C[C@@]2(C[C@H]1C(N)=O)Oc1cc(F)cc(F)c1NC2=O. The molecule has 4 atom stereocenters. The first-order chi connectivity index (χ1) is 18.5. The van der Waals surface area contributed by atoms with Gasteiger partial charge in [-0.2, -0.15) is 13.2 Å². The van der Waals surface area contributed by atoms with Crippen molar-refractivity contribution < 1.29 is 50.7 Å². The lowest BCUT2D eigenvalue weighted by atomic mass is 9.96. The smallest absolute Gasteiger partial charge is 0.471 e. The lowest BCUT2D eigenvalue weighted by Gasteiger charge is -2.36. The van der Waals surface area contributed by atoms with Crippen LogP contribution in [0.1, 0.15) is 32.6 Å². The summed E-state index contributed by atoms with van der Waals surface area (Å²) in [5.41, 5.74) is 3.14. The van der Waals surface area contributed by atoms with Crippen LogP contribution >= 0.6 is 0 Å². The van der Waals surface area contributed by atoms with Crippen molar-refractivity contribution in [3.63, 3.8) is 0 Å². The molecule has 0 aromatic heterocycles. The fourth-order valence-electron chi connectivity index (χ4n) is 4.92. The number of nitrogens with one attached hydrogen (secondary N) is 2. The van der Waals surface area contributed by atoms with Crippen molar-refractivity contribution in [2.75, 3.05) is 18.9 Å². The normalized spacial score (nSPS) is 23.5. The Morgan fingerprint density at radius 3 is 2.48 bits per heavy atom. The minimum Gasteiger partial charge on any atom is -0.473 e. The minimum atomic E-state index is -5.24. The molecular weight excluding hydrogens is 549 g/mol. The van der Waals surface area contributed by atoms with Gasteiger partial charge in [0.05, 0.1) is 6.54 Å². The van der Waals surface area contributed by atoms with Gasteiger partial charge in [-0.15, -0.1) is 0 Å². The van der Waals surface area contributed by atoms with Crippen LogP contribution in [-0.4, -0.2) is 82.8 Å². The number of alkyl halides is 3. The lowest BCUT2D eigenvalue weighted by Crippen LogP contribution is -2.58.